The van der Waals surface area contributed by atoms with Crippen LogP contribution in [-0.2, 0) is 6.54 Å². The van der Waals surface area contributed by atoms with Gasteiger partial charge < -0.3 is 30.9 Å². The molecule has 1 aliphatic heterocycles. The standard InChI is InChI=1S/C39H44FN5O5/c1-23-9-16-34(46)32(17-23)37(48)43-29-11-13-30(14-12-29)44-38(49)33-18-28(40)19-41-39(33)50-36-27(22-45-20-24(2)42-25(3)21-45)10-15-31(35(36)47)26-7-5-4-6-8-26/h4-10,15-19,24-25,29-30,42,46-47H,11-14,20-22H2,1-3H3,(H,43,48)(H,44,49)/t24-,25+,29?,30?. The third-order valence-electron chi connectivity index (χ3n) is 9.38. The van der Waals surface area contributed by atoms with Crippen LogP contribution in [-0.4, -0.2) is 69.2 Å². The Bertz CT molecular complexity index is 1840. The van der Waals surface area contributed by atoms with Crippen molar-refractivity contribution in [3.63, 3.8) is 0 Å². The highest BCUT2D eigenvalue weighted by Gasteiger charge is 2.28. The van der Waals surface area contributed by atoms with E-state index in [1.807, 2.05) is 49.4 Å². The number of pyridine rings is 1. The number of piperazine rings is 1. The number of hydrogen-bond donors (Lipinski definition) is 5. The highest BCUT2D eigenvalue weighted by molar-refractivity contribution is 5.97. The average molecular weight is 682 g/mol. The number of halogens is 1. The molecule has 5 N–H and O–H groups in total. The number of phenolic OH excluding ortho intramolecular Hbond substituents is 2. The van der Waals surface area contributed by atoms with Gasteiger partial charge in [-0.1, -0.05) is 54.1 Å². The Morgan fingerprint density at radius 2 is 1.54 bits per heavy atom. The molecule has 0 unspecified atom stereocenters. The third-order valence-corrected chi connectivity index (χ3v) is 9.38. The molecule has 0 spiro atoms. The number of aromatic hydroxyl groups is 2. The minimum atomic E-state index is -0.695. The molecule has 262 valence electrons. The molecule has 2 atom stereocenters. The van der Waals surface area contributed by atoms with Crippen molar-refractivity contribution in [2.75, 3.05) is 13.1 Å². The van der Waals surface area contributed by atoms with Crippen molar-refractivity contribution < 1.29 is 28.9 Å². The number of carbonyl (C=O) groups excluding carboxylic acids is 2. The molecule has 0 bridgehead atoms. The Labute approximate surface area is 291 Å². The third kappa shape index (κ3) is 8.23. The van der Waals surface area contributed by atoms with Gasteiger partial charge in [0, 0.05) is 54.9 Å². The second-order valence-corrected chi connectivity index (χ2v) is 13.6. The highest BCUT2D eigenvalue weighted by atomic mass is 19.1. The molecule has 10 nitrogen and oxygen atoms in total. The Hall–Kier alpha value is -5.00. The molecule has 1 aromatic heterocycles. The fraction of sp³-hybridized carbons (Fsp3) is 0.359. The van der Waals surface area contributed by atoms with Gasteiger partial charge in [-0.3, -0.25) is 14.5 Å². The number of rotatable bonds is 9. The predicted octanol–water partition coefficient (Wildman–Crippen LogP) is 6.05. The van der Waals surface area contributed by atoms with Crippen LogP contribution in [0.3, 0.4) is 0 Å². The molecule has 0 radical (unpaired) electrons. The zero-order chi connectivity index (χ0) is 35.4. The summed E-state index contributed by atoms with van der Waals surface area (Å²) in [6, 6.07) is 19.4. The Kier molecular flexibility index (Phi) is 10.6. The fourth-order valence-electron chi connectivity index (χ4n) is 7.02. The summed E-state index contributed by atoms with van der Waals surface area (Å²) in [6.45, 7) is 8.19. The van der Waals surface area contributed by atoms with Crippen LogP contribution in [0.5, 0.6) is 23.1 Å². The second kappa shape index (κ2) is 15.3. The first-order valence-electron chi connectivity index (χ1n) is 17.2. The van der Waals surface area contributed by atoms with E-state index in [4.69, 9.17) is 4.74 Å². The van der Waals surface area contributed by atoms with E-state index in [1.54, 1.807) is 12.1 Å². The maximum atomic E-state index is 14.6. The SMILES string of the molecule is Cc1ccc(O)c(C(=O)NC2CCC(NC(=O)c3cc(F)cnc3Oc3c(CN4C[C@@H](C)N[C@@H](C)C4)ccc(-c4ccccc4)c3O)CC2)c1. The van der Waals surface area contributed by atoms with E-state index < -0.39 is 11.7 Å². The molecule has 2 fully saturated rings. The Morgan fingerprint density at radius 1 is 0.900 bits per heavy atom. The number of carbonyl (C=O) groups is 2. The van der Waals surface area contributed by atoms with Gasteiger partial charge in [0.2, 0.25) is 5.88 Å². The predicted molar refractivity (Wildman–Crippen MR) is 189 cm³/mol. The van der Waals surface area contributed by atoms with Gasteiger partial charge in [-0.15, -0.1) is 0 Å². The summed E-state index contributed by atoms with van der Waals surface area (Å²) in [4.78, 5) is 32.9. The number of nitrogens with one attached hydrogen (secondary N) is 3. The average Bonchev–Trinajstić information content (AvgIpc) is 3.09. The van der Waals surface area contributed by atoms with Gasteiger partial charge in [0.15, 0.2) is 11.5 Å². The molecule has 2 aliphatic rings. The number of hydrogen-bond acceptors (Lipinski definition) is 8. The van der Waals surface area contributed by atoms with E-state index in [-0.39, 0.29) is 64.3 Å². The number of benzene rings is 3. The highest BCUT2D eigenvalue weighted by Crippen LogP contribution is 2.43. The van der Waals surface area contributed by atoms with Crippen LogP contribution >= 0.6 is 0 Å². The van der Waals surface area contributed by atoms with Crippen LogP contribution in [0.15, 0.2) is 72.9 Å². The van der Waals surface area contributed by atoms with Crippen LogP contribution in [0.2, 0.25) is 0 Å². The molecule has 3 aromatic carbocycles. The van der Waals surface area contributed by atoms with Crippen LogP contribution < -0.4 is 20.7 Å². The number of phenols is 2. The van der Waals surface area contributed by atoms with E-state index in [9.17, 15) is 24.2 Å². The molecule has 11 heteroatoms. The molecule has 4 aromatic rings. The first-order valence-corrected chi connectivity index (χ1v) is 17.2. The summed E-state index contributed by atoms with van der Waals surface area (Å²) in [5.41, 5.74) is 3.07. The summed E-state index contributed by atoms with van der Waals surface area (Å²) in [5.74, 6) is -1.71. The maximum absolute atomic E-state index is 14.6. The Morgan fingerprint density at radius 3 is 2.20 bits per heavy atom. The first-order chi connectivity index (χ1) is 24.0. The van der Waals surface area contributed by atoms with Crippen molar-refractivity contribution in [1.29, 1.82) is 0 Å². The zero-order valence-electron chi connectivity index (χ0n) is 28.6. The summed E-state index contributed by atoms with van der Waals surface area (Å²) >= 11 is 0. The minimum absolute atomic E-state index is 0.0731. The summed E-state index contributed by atoms with van der Waals surface area (Å²) in [5, 5.41) is 31.3. The number of aromatic nitrogens is 1. The van der Waals surface area contributed by atoms with E-state index >= 15 is 0 Å². The van der Waals surface area contributed by atoms with Gasteiger partial charge in [0.1, 0.15) is 17.1 Å². The normalized spacial score (nSPS) is 21.0. The number of amides is 2. The van der Waals surface area contributed by atoms with Crippen LogP contribution in [0.4, 0.5) is 4.39 Å². The number of aryl methyl sites for hydroxylation is 1. The molecule has 1 saturated heterocycles. The molecule has 1 aliphatic carbocycles. The summed E-state index contributed by atoms with van der Waals surface area (Å²) < 4.78 is 20.9. The van der Waals surface area contributed by atoms with Gasteiger partial charge in [0.25, 0.3) is 11.8 Å². The lowest BCUT2D eigenvalue weighted by Crippen LogP contribution is -2.53. The van der Waals surface area contributed by atoms with Crippen LogP contribution in [0, 0.1) is 12.7 Å². The lowest BCUT2D eigenvalue weighted by atomic mass is 9.90. The lowest BCUT2D eigenvalue weighted by molar-refractivity contribution is 0.0888. The molecule has 6 rings (SSSR count). The van der Waals surface area contributed by atoms with Gasteiger partial charge in [-0.05, 0) is 70.2 Å². The van der Waals surface area contributed by atoms with Gasteiger partial charge in [0.05, 0.1) is 11.8 Å². The number of nitrogens with zero attached hydrogens (tertiary/aromatic N) is 2. The molecular formula is C39H44FN5O5. The second-order valence-electron chi connectivity index (χ2n) is 13.6. The van der Waals surface area contributed by atoms with Gasteiger partial charge in [-0.25, -0.2) is 9.37 Å². The topological polar surface area (TPSA) is 136 Å². The van der Waals surface area contributed by atoms with E-state index in [1.165, 1.54) is 6.07 Å². The monoisotopic (exact) mass is 681 g/mol. The van der Waals surface area contributed by atoms with Gasteiger partial charge in [-0.2, -0.15) is 0 Å². The largest absolute Gasteiger partial charge is 0.507 e. The Balaban J connectivity index is 1.19. The lowest BCUT2D eigenvalue weighted by Gasteiger charge is -2.36. The van der Waals surface area contributed by atoms with Crippen molar-refractivity contribution in [2.24, 2.45) is 0 Å². The molecule has 1 saturated carbocycles. The molecule has 2 amide bonds. The van der Waals surface area contributed by atoms with Crippen LogP contribution in [0.25, 0.3) is 11.1 Å². The molecule has 2 heterocycles. The van der Waals surface area contributed by atoms with E-state index in [2.05, 4.69) is 39.7 Å². The van der Waals surface area contributed by atoms with E-state index in [0.29, 0.717) is 43.4 Å². The number of ether oxygens (including phenoxy) is 1. The summed E-state index contributed by atoms with van der Waals surface area (Å²) in [7, 11) is 0. The minimum Gasteiger partial charge on any atom is -0.507 e. The van der Waals surface area contributed by atoms with Crippen molar-refractivity contribution in [3.05, 3.63) is 101 Å². The van der Waals surface area contributed by atoms with Crippen molar-refractivity contribution in [2.45, 2.75) is 77.2 Å². The fourth-order valence-corrected chi connectivity index (χ4v) is 7.02. The quantitative estimate of drug-likeness (QED) is 0.144. The van der Waals surface area contributed by atoms with E-state index in [0.717, 1.165) is 36.5 Å². The van der Waals surface area contributed by atoms with Gasteiger partial charge >= 0.3 is 0 Å². The molecular weight excluding hydrogens is 637 g/mol. The van der Waals surface area contributed by atoms with Crippen molar-refractivity contribution in [1.82, 2.24) is 25.8 Å². The van der Waals surface area contributed by atoms with Crippen molar-refractivity contribution in [3.8, 4) is 34.3 Å². The first kappa shape index (κ1) is 34.8. The van der Waals surface area contributed by atoms with Crippen molar-refractivity contribution >= 4 is 11.8 Å². The molecule has 50 heavy (non-hydrogen) atoms. The smallest absolute Gasteiger partial charge is 0.257 e. The zero-order valence-corrected chi connectivity index (χ0v) is 28.6. The maximum Gasteiger partial charge on any atom is 0.257 e. The summed E-state index contributed by atoms with van der Waals surface area (Å²) in [6.07, 6.45) is 3.38. The van der Waals surface area contributed by atoms with Crippen LogP contribution in [0.1, 0.15) is 71.4 Å².